The second-order valence-electron chi connectivity index (χ2n) is 12.1. The van der Waals surface area contributed by atoms with Gasteiger partial charge in [-0.25, -0.2) is 0 Å². The summed E-state index contributed by atoms with van der Waals surface area (Å²) in [5.74, 6) is 4.18. The Bertz CT molecular complexity index is 1160. The molecule has 0 heterocycles. The Kier molecular flexibility index (Phi) is 12.4. The highest BCUT2D eigenvalue weighted by atomic mass is 32.2. The van der Waals surface area contributed by atoms with E-state index in [1.807, 2.05) is 113 Å². The molecule has 0 N–H and O–H groups in total. The Morgan fingerprint density at radius 1 is 0.395 bits per heavy atom. The topological polar surface area (TPSA) is 55.4 Å². The molecule has 0 spiro atoms. The van der Waals surface area contributed by atoms with Crippen LogP contribution in [0.3, 0.4) is 0 Å². The molecule has 0 amide bonds. The lowest BCUT2D eigenvalue weighted by Crippen LogP contribution is -2.19. The molecule has 43 heavy (non-hydrogen) atoms. The fourth-order valence-electron chi connectivity index (χ4n) is 4.45. The number of rotatable bonds is 15. The van der Waals surface area contributed by atoms with Crippen LogP contribution in [0, 0.1) is 0 Å². The van der Waals surface area contributed by atoms with Crippen LogP contribution >= 0.6 is 0 Å². The molecule has 3 aromatic rings. The third-order valence-electron chi connectivity index (χ3n) is 5.57. The zero-order valence-electron chi connectivity index (χ0n) is 28.0. The van der Waals surface area contributed by atoms with Gasteiger partial charge in [-0.3, -0.25) is 0 Å². The smallest absolute Gasteiger partial charge is 0.250 e. The minimum absolute atomic E-state index is 0.0115. The second-order valence-corrected chi connectivity index (χ2v) is 14.0. The molecule has 7 heteroatoms. The highest BCUT2D eigenvalue weighted by Gasteiger charge is 2.43. The average Bonchev–Trinajstić information content (AvgIpc) is 2.85. The predicted octanol–water partition coefficient (Wildman–Crippen LogP) is 9.51. The van der Waals surface area contributed by atoms with Crippen molar-refractivity contribution in [1.29, 1.82) is 0 Å². The first-order valence-electron chi connectivity index (χ1n) is 15.4. The molecule has 0 saturated carbocycles. The molecule has 6 nitrogen and oxygen atoms in total. The molecule has 0 aromatic heterocycles. The zero-order chi connectivity index (χ0) is 31.8. The molecule has 3 rings (SSSR count). The minimum atomic E-state index is -0.780. The number of hydrogen-bond donors (Lipinski definition) is 0. The van der Waals surface area contributed by atoms with E-state index in [2.05, 4.69) is 24.3 Å². The molecule has 0 radical (unpaired) electrons. The highest BCUT2D eigenvalue weighted by molar-refractivity contribution is 7.97. The molecule has 0 saturated heterocycles. The van der Waals surface area contributed by atoms with E-state index in [1.165, 1.54) is 0 Å². The first kappa shape index (κ1) is 34.3. The number of hydrogen-bond acceptors (Lipinski definition) is 6. The van der Waals surface area contributed by atoms with Crippen LogP contribution in [0.4, 0.5) is 0 Å². The van der Waals surface area contributed by atoms with Crippen LogP contribution in [0.5, 0.6) is 34.5 Å². The first-order chi connectivity index (χ1) is 20.2. The van der Waals surface area contributed by atoms with Gasteiger partial charge in [0.25, 0.3) is 9.79 Å². The maximum Gasteiger partial charge on any atom is 0.250 e. The van der Waals surface area contributed by atoms with E-state index in [-0.39, 0.29) is 36.6 Å². The molecule has 0 atom stereocenters. The summed E-state index contributed by atoms with van der Waals surface area (Å²) >= 11 is 0. The van der Waals surface area contributed by atoms with Crippen molar-refractivity contribution in [2.45, 2.75) is 134 Å². The maximum atomic E-state index is 6.57. The molecule has 3 aromatic carbocycles. The van der Waals surface area contributed by atoms with Crippen molar-refractivity contribution >= 4 is 10.9 Å². The molecule has 0 aliphatic rings. The summed E-state index contributed by atoms with van der Waals surface area (Å²) in [5.41, 5.74) is 0. The first-order valence-corrected chi connectivity index (χ1v) is 16.6. The van der Waals surface area contributed by atoms with Gasteiger partial charge in [-0.05, 0) is 95.2 Å². The summed E-state index contributed by atoms with van der Waals surface area (Å²) in [6.07, 6.45) is -0.353. The minimum Gasteiger partial charge on any atom is -0.491 e. The van der Waals surface area contributed by atoms with Crippen LogP contribution in [0.25, 0.3) is 0 Å². The fourth-order valence-corrected chi connectivity index (χ4v) is 6.79. The van der Waals surface area contributed by atoms with Gasteiger partial charge in [-0.15, -0.1) is 0 Å². The summed E-state index contributed by atoms with van der Waals surface area (Å²) < 4.78 is 38.7. The Hall–Kier alpha value is -3.19. The number of ether oxygens (including phenoxy) is 6. The predicted molar refractivity (Wildman–Crippen MR) is 176 cm³/mol. The zero-order valence-corrected chi connectivity index (χ0v) is 28.8. The van der Waals surface area contributed by atoms with E-state index in [0.717, 1.165) is 14.7 Å². The molecule has 236 valence electrons. The number of benzene rings is 3. The van der Waals surface area contributed by atoms with Crippen molar-refractivity contribution in [2.75, 3.05) is 0 Å². The molecule has 0 fully saturated rings. The van der Waals surface area contributed by atoms with Crippen molar-refractivity contribution in [3.8, 4) is 34.5 Å². The Morgan fingerprint density at radius 2 is 0.674 bits per heavy atom. The summed E-state index contributed by atoms with van der Waals surface area (Å²) in [4.78, 5) is 2.89. The van der Waals surface area contributed by atoms with E-state index in [1.54, 1.807) is 0 Å². The van der Waals surface area contributed by atoms with Gasteiger partial charge in [0.05, 0.1) is 36.6 Å². The molecular weight excluding hydrogens is 560 g/mol. The van der Waals surface area contributed by atoms with E-state index in [9.17, 15) is 0 Å². The summed E-state index contributed by atoms with van der Waals surface area (Å²) in [5, 5.41) is 0. The van der Waals surface area contributed by atoms with Gasteiger partial charge in [0, 0.05) is 24.3 Å². The molecule has 0 aliphatic carbocycles. The van der Waals surface area contributed by atoms with Gasteiger partial charge in [0.15, 0.2) is 27.9 Å². The van der Waals surface area contributed by atoms with Crippen LogP contribution in [0.2, 0.25) is 0 Å². The quantitative estimate of drug-likeness (QED) is 0.160. The Balaban J connectivity index is 2.52. The SMILES string of the molecule is CC(C)Oc1cc(OC(C)C)c([S+](c2ccccc2)c2c(OC(C)C)cc(OC(C)C)cc2OC(C)C)c(OC(C)C)c1. The van der Waals surface area contributed by atoms with E-state index < -0.39 is 10.9 Å². The van der Waals surface area contributed by atoms with Crippen LogP contribution in [0.15, 0.2) is 69.3 Å². The van der Waals surface area contributed by atoms with Crippen LogP contribution in [0.1, 0.15) is 83.1 Å². The third-order valence-corrected chi connectivity index (χ3v) is 7.93. The van der Waals surface area contributed by atoms with Crippen molar-refractivity contribution < 1.29 is 28.4 Å². The fraction of sp³-hybridized carbons (Fsp3) is 0.500. The van der Waals surface area contributed by atoms with Crippen molar-refractivity contribution in [2.24, 2.45) is 0 Å². The average molecular weight is 612 g/mol. The van der Waals surface area contributed by atoms with Gasteiger partial charge >= 0.3 is 0 Å². The maximum absolute atomic E-state index is 6.57. The van der Waals surface area contributed by atoms with Gasteiger partial charge in [-0.2, -0.15) is 0 Å². The standard InChI is InChI=1S/C36H51O6S/c1-22(2)37-28-18-31(39-24(5)6)35(32(19-28)40-25(7)8)43(30-16-14-13-15-17-30)36-33(41-26(9)10)20-29(38-23(3)4)21-34(36)42-27(11)12/h13-27H,1-12H3/q+1. The van der Waals surface area contributed by atoms with E-state index >= 15 is 0 Å². The molecular formula is C36H51O6S+. The van der Waals surface area contributed by atoms with Crippen LogP contribution in [-0.4, -0.2) is 36.6 Å². The van der Waals surface area contributed by atoms with E-state index in [0.29, 0.717) is 34.5 Å². The van der Waals surface area contributed by atoms with Crippen LogP contribution < -0.4 is 28.4 Å². The van der Waals surface area contributed by atoms with Gasteiger partial charge in [0.2, 0.25) is 0 Å². The molecule has 0 aliphatic heterocycles. The lowest BCUT2D eigenvalue weighted by atomic mass is 10.2. The molecule has 0 bridgehead atoms. The summed E-state index contributed by atoms with van der Waals surface area (Å²) in [7, 11) is -0.780. The normalized spacial score (nSPS) is 11.8. The van der Waals surface area contributed by atoms with Crippen LogP contribution in [-0.2, 0) is 10.9 Å². The lowest BCUT2D eigenvalue weighted by Gasteiger charge is -2.24. The summed E-state index contributed by atoms with van der Waals surface area (Å²) in [6.45, 7) is 24.3. The van der Waals surface area contributed by atoms with E-state index in [4.69, 9.17) is 28.4 Å². The van der Waals surface area contributed by atoms with Gasteiger partial charge < -0.3 is 28.4 Å². The molecule has 0 unspecified atom stereocenters. The third kappa shape index (κ3) is 9.92. The largest absolute Gasteiger partial charge is 0.491 e. The van der Waals surface area contributed by atoms with Crippen molar-refractivity contribution in [1.82, 2.24) is 0 Å². The second kappa shape index (κ2) is 15.5. The van der Waals surface area contributed by atoms with Gasteiger partial charge in [-0.1, -0.05) is 18.2 Å². The Morgan fingerprint density at radius 3 is 0.930 bits per heavy atom. The van der Waals surface area contributed by atoms with Crippen molar-refractivity contribution in [3.05, 3.63) is 54.6 Å². The lowest BCUT2D eigenvalue weighted by molar-refractivity contribution is 0.206. The van der Waals surface area contributed by atoms with Gasteiger partial charge in [0.1, 0.15) is 22.4 Å². The highest BCUT2D eigenvalue weighted by Crippen LogP contribution is 2.51. The monoisotopic (exact) mass is 611 g/mol. The van der Waals surface area contributed by atoms with Crippen molar-refractivity contribution in [3.63, 3.8) is 0 Å². The Labute approximate surface area is 262 Å². The summed E-state index contributed by atoms with van der Waals surface area (Å²) in [6, 6.07) is 18.3.